The third-order valence-electron chi connectivity index (χ3n) is 3.93. The van der Waals surface area contributed by atoms with Crippen molar-refractivity contribution in [2.24, 2.45) is 0 Å². The third-order valence-corrected chi connectivity index (χ3v) is 3.93. The predicted molar refractivity (Wildman–Crippen MR) is 78.5 cm³/mol. The first-order valence-electron chi connectivity index (χ1n) is 7.53. The summed E-state index contributed by atoms with van der Waals surface area (Å²) in [4.78, 5) is 11.7. The fourth-order valence-corrected chi connectivity index (χ4v) is 2.69. The molecule has 0 unspecified atom stereocenters. The smallest absolute Gasteiger partial charge is 0.314 e. The van der Waals surface area contributed by atoms with Gasteiger partial charge in [-0.1, -0.05) is 25.7 Å². The molecule has 1 fully saturated rings. The summed E-state index contributed by atoms with van der Waals surface area (Å²) in [7, 11) is 0. The zero-order valence-electron chi connectivity index (χ0n) is 12.0. The molecule has 1 aromatic heterocycles. The topological polar surface area (TPSA) is 66.3 Å². The van der Waals surface area contributed by atoms with Gasteiger partial charge in [-0.2, -0.15) is 0 Å². The van der Waals surface area contributed by atoms with Gasteiger partial charge in [-0.05, 0) is 25.0 Å². The Labute approximate surface area is 120 Å². The highest BCUT2D eigenvalue weighted by atomic mass is 16.3. The molecular formula is C15H25N3O2. The maximum atomic E-state index is 11.7. The summed E-state index contributed by atoms with van der Waals surface area (Å²) in [5.41, 5.74) is -0.714. The van der Waals surface area contributed by atoms with E-state index < -0.39 is 5.60 Å². The number of hydrogen-bond donors (Lipinski definition) is 3. The number of hydrogen-bond acceptors (Lipinski definition) is 2. The maximum Gasteiger partial charge on any atom is 0.314 e. The molecule has 2 amide bonds. The highest BCUT2D eigenvalue weighted by Crippen LogP contribution is 2.26. The van der Waals surface area contributed by atoms with Crippen molar-refractivity contribution in [3.8, 4) is 0 Å². The van der Waals surface area contributed by atoms with E-state index in [1.165, 1.54) is 12.8 Å². The summed E-state index contributed by atoms with van der Waals surface area (Å²) in [6, 6.07) is 3.72. The van der Waals surface area contributed by atoms with Crippen molar-refractivity contribution in [1.29, 1.82) is 0 Å². The van der Waals surface area contributed by atoms with Crippen molar-refractivity contribution in [3.63, 3.8) is 0 Å². The number of nitrogens with zero attached hydrogens (tertiary/aromatic N) is 1. The molecule has 0 aromatic carbocycles. The van der Waals surface area contributed by atoms with Crippen LogP contribution < -0.4 is 10.6 Å². The SMILES string of the molecule is O=C(NCCn1cccc1)NCC1(O)CCCCCC1. The molecule has 1 saturated carbocycles. The second-order valence-electron chi connectivity index (χ2n) is 5.67. The van der Waals surface area contributed by atoms with Crippen LogP contribution in [0.25, 0.3) is 0 Å². The average Bonchev–Trinajstić information content (AvgIpc) is 2.85. The number of amides is 2. The van der Waals surface area contributed by atoms with Gasteiger partial charge in [-0.25, -0.2) is 4.79 Å². The third kappa shape index (κ3) is 4.89. The average molecular weight is 279 g/mol. The Morgan fingerprint density at radius 3 is 2.40 bits per heavy atom. The number of aliphatic hydroxyl groups is 1. The van der Waals surface area contributed by atoms with Gasteiger partial charge in [0.1, 0.15) is 0 Å². The minimum absolute atomic E-state index is 0.199. The molecule has 1 aliphatic carbocycles. The minimum Gasteiger partial charge on any atom is -0.388 e. The Morgan fingerprint density at radius 1 is 1.10 bits per heavy atom. The molecule has 0 bridgehead atoms. The summed E-state index contributed by atoms with van der Waals surface area (Å²) in [5.74, 6) is 0. The highest BCUT2D eigenvalue weighted by Gasteiger charge is 2.28. The maximum absolute atomic E-state index is 11.7. The highest BCUT2D eigenvalue weighted by molar-refractivity contribution is 5.73. The Hall–Kier alpha value is -1.49. The summed E-state index contributed by atoms with van der Waals surface area (Å²) in [6.45, 7) is 1.69. The van der Waals surface area contributed by atoms with Crippen LogP contribution in [0.5, 0.6) is 0 Å². The monoisotopic (exact) mass is 279 g/mol. The van der Waals surface area contributed by atoms with Gasteiger partial charge in [-0.15, -0.1) is 0 Å². The second-order valence-corrected chi connectivity index (χ2v) is 5.67. The molecule has 1 aromatic rings. The van der Waals surface area contributed by atoms with E-state index in [1.54, 1.807) is 0 Å². The lowest BCUT2D eigenvalue weighted by Gasteiger charge is -2.26. The fraction of sp³-hybridized carbons (Fsp3) is 0.667. The van der Waals surface area contributed by atoms with Crippen LogP contribution in [0.4, 0.5) is 4.79 Å². The zero-order chi connectivity index (χ0) is 14.3. The normalized spacial score (nSPS) is 18.2. The van der Waals surface area contributed by atoms with Crippen molar-refractivity contribution in [3.05, 3.63) is 24.5 Å². The summed E-state index contributed by atoms with van der Waals surface area (Å²) >= 11 is 0. The van der Waals surface area contributed by atoms with E-state index in [9.17, 15) is 9.90 Å². The molecule has 0 radical (unpaired) electrons. The number of aromatic nitrogens is 1. The first kappa shape index (κ1) is 14.9. The van der Waals surface area contributed by atoms with Gasteiger partial charge in [0, 0.05) is 32.0 Å². The largest absolute Gasteiger partial charge is 0.388 e. The van der Waals surface area contributed by atoms with Gasteiger partial charge in [0.05, 0.1) is 5.60 Å². The van der Waals surface area contributed by atoms with Crippen molar-refractivity contribution >= 4 is 6.03 Å². The minimum atomic E-state index is -0.714. The first-order valence-corrected chi connectivity index (χ1v) is 7.53. The van der Waals surface area contributed by atoms with E-state index >= 15 is 0 Å². The molecule has 1 heterocycles. The number of rotatable bonds is 5. The van der Waals surface area contributed by atoms with Crippen molar-refractivity contribution in [1.82, 2.24) is 15.2 Å². The van der Waals surface area contributed by atoms with Crippen molar-refractivity contribution in [2.45, 2.75) is 50.7 Å². The summed E-state index contributed by atoms with van der Waals surface area (Å²) in [5, 5.41) is 16.0. The van der Waals surface area contributed by atoms with Gasteiger partial charge in [0.25, 0.3) is 0 Å². The van der Waals surface area contributed by atoms with Crippen LogP contribution in [0.2, 0.25) is 0 Å². The Bertz CT molecular complexity index is 395. The molecule has 2 rings (SSSR count). The fourth-order valence-electron chi connectivity index (χ4n) is 2.69. The Balaban J connectivity index is 1.63. The van der Waals surface area contributed by atoms with Gasteiger partial charge >= 0.3 is 6.03 Å². The molecule has 0 spiro atoms. The molecule has 0 aliphatic heterocycles. The van der Waals surface area contributed by atoms with E-state index in [-0.39, 0.29) is 6.03 Å². The molecule has 0 atom stereocenters. The number of carbonyl (C=O) groups is 1. The van der Waals surface area contributed by atoms with Crippen LogP contribution in [0.3, 0.4) is 0 Å². The molecule has 0 saturated heterocycles. The Kier molecular flexibility index (Phi) is 5.47. The lowest BCUT2D eigenvalue weighted by atomic mass is 9.95. The van der Waals surface area contributed by atoms with E-state index in [0.717, 1.165) is 32.2 Å². The van der Waals surface area contributed by atoms with E-state index in [4.69, 9.17) is 0 Å². The lowest BCUT2D eigenvalue weighted by Crippen LogP contribution is -2.46. The van der Waals surface area contributed by atoms with E-state index in [0.29, 0.717) is 13.1 Å². The van der Waals surface area contributed by atoms with E-state index in [2.05, 4.69) is 10.6 Å². The van der Waals surface area contributed by atoms with Crippen LogP contribution in [0.15, 0.2) is 24.5 Å². The second kappa shape index (κ2) is 7.33. The number of carbonyl (C=O) groups excluding carboxylic acids is 1. The molecule has 3 N–H and O–H groups in total. The molecule has 1 aliphatic rings. The summed E-state index contributed by atoms with van der Waals surface area (Å²) in [6.07, 6.45) is 9.98. The Morgan fingerprint density at radius 2 is 1.75 bits per heavy atom. The lowest BCUT2D eigenvalue weighted by molar-refractivity contribution is 0.0277. The number of nitrogens with one attached hydrogen (secondary N) is 2. The van der Waals surface area contributed by atoms with Crippen molar-refractivity contribution < 1.29 is 9.90 Å². The number of urea groups is 1. The zero-order valence-corrected chi connectivity index (χ0v) is 12.0. The quantitative estimate of drug-likeness (QED) is 0.720. The molecule has 20 heavy (non-hydrogen) atoms. The van der Waals surface area contributed by atoms with Crippen LogP contribution in [0, 0.1) is 0 Å². The molecular weight excluding hydrogens is 254 g/mol. The van der Waals surface area contributed by atoms with Gasteiger partial charge in [-0.3, -0.25) is 0 Å². The van der Waals surface area contributed by atoms with E-state index in [1.807, 2.05) is 29.1 Å². The van der Waals surface area contributed by atoms with Gasteiger partial charge in [0.15, 0.2) is 0 Å². The summed E-state index contributed by atoms with van der Waals surface area (Å²) < 4.78 is 2.01. The van der Waals surface area contributed by atoms with Crippen LogP contribution in [-0.4, -0.2) is 34.4 Å². The van der Waals surface area contributed by atoms with Gasteiger partial charge < -0.3 is 20.3 Å². The molecule has 5 nitrogen and oxygen atoms in total. The standard InChI is InChI=1S/C15H25N3O2/c19-14(16-9-12-18-10-5-6-11-18)17-13-15(20)7-3-1-2-4-8-15/h5-6,10-11,20H,1-4,7-9,12-13H2,(H2,16,17,19). The van der Waals surface area contributed by atoms with Crippen LogP contribution >= 0.6 is 0 Å². The van der Waals surface area contributed by atoms with Crippen LogP contribution in [-0.2, 0) is 6.54 Å². The van der Waals surface area contributed by atoms with Gasteiger partial charge in [0.2, 0.25) is 0 Å². The van der Waals surface area contributed by atoms with Crippen LogP contribution in [0.1, 0.15) is 38.5 Å². The molecule has 5 heteroatoms. The predicted octanol–water partition coefficient (Wildman–Crippen LogP) is 1.87. The van der Waals surface area contributed by atoms with Crippen molar-refractivity contribution in [2.75, 3.05) is 13.1 Å². The first-order chi connectivity index (χ1) is 9.68. The molecule has 112 valence electrons.